The van der Waals surface area contributed by atoms with Gasteiger partial charge in [-0.05, 0) is 10.8 Å². The molecule has 16 heavy (non-hydrogen) atoms. The standard InChI is InChI=1S/C13H21N3/c1-6-7-14-11-15-8-9-16(11)10-12(2,3)13(10,4)5/h6,8-10H,1,7H2,2-5H3,(H,14,15). The number of hydrogen-bond donors (Lipinski definition) is 1. The van der Waals surface area contributed by atoms with Crippen LogP contribution in [0.2, 0.25) is 0 Å². The second kappa shape index (κ2) is 3.37. The van der Waals surface area contributed by atoms with Crippen LogP contribution >= 0.6 is 0 Å². The third-order valence-electron chi connectivity index (χ3n) is 4.30. The predicted octanol–water partition coefficient (Wildman–Crippen LogP) is 3.09. The summed E-state index contributed by atoms with van der Waals surface area (Å²) in [6.07, 6.45) is 5.77. The molecule has 3 nitrogen and oxygen atoms in total. The minimum Gasteiger partial charge on any atom is -0.352 e. The molecule has 1 heterocycles. The zero-order valence-electron chi connectivity index (χ0n) is 10.6. The molecule has 0 atom stereocenters. The van der Waals surface area contributed by atoms with Crippen LogP contribution in [0.1, 0.15) is 33.7 Å². The fourth-order valence-corrected chi connectivity index (χ4v) is 2.68. The van der Waals surface area contributed by atoms with Crippen molar-refractivity contribution in [1.29, 1.82) is 0 Å². The summed E-state index contributed by atoms with van der Waals surface area (Å²) in [7, 11) is 0. The van der Waals surface area contributed by atoms with Gasteiger partial charge in [0, 0.05) is 25.0 Å². The molecule has 0 radical (unpaired) electrons. The second-order valence-electron chi connectivity index (χ2n) is 5.67. The van der Waals surface area contributed by atoms with Gasteiger partial charge in [-0.2, -0.15) is 0 Å². The highest BCUT2D eigenvalue weighted by molar-refractivity contribution is 5.32. The van der Waals surface area contributed by atoms with E-state index in [-0.39, 0.29) is 0 Å². The van der Waals surface area contributed by atoms with E-state index < -0.39 is 0 Å². The fourth-order valence-electron chi connectivity index (χ4n) is 2.68. The largest absolute Gasteiger partial charge is 0.352 e. The van der Waals surface area contributed by atoms with Crippen LogP contribution in [-0.2, 0) is 0 Å². The van der Waals surface area contributed by atoms with Gasteiger partial charge in [0.15, 0.2) is 0 Å². The van der Waals surface area contributed by atoms with Gasteiger partial charge >= 0.3 is 0 Å². The summed E-state index contributed by atoms with van der Waals surface area (Å²) in [5, 5.41) is 3.27. The normalized spacial score (nSPS) is 21.8. The topological polar surface area (TPSA) is 29.9 Å². The van der Waals surface area contributed by atoms with Crippen LogP contribution in [0, 0.1) is 10.8 Å². The molecule has 0 amide bonds. The number of imidazole rings is 1. The van der Waals surface area contributed by atoms with E-state index >= 15 is 0 Å². The van der Waals surface area contributed by atoms with E-state index in [0.717, 1.165) is 12.5 Å². The lowest BCUT2D eigenvalue weighted by molar-refractivity contribution is 0.457. The molecule has 1 aliphatic rings. The highest BCUT2D eigenvalue weighted by Crippen LogP contribution is 2.71. The number of aromatic nitrogens is 2. The van der Waals surface area contributed by atoms with E-state index in [1.807, 2.05) is 12.3 Å². The molecule has 0 unspecified atom stereocenters. The van der Waals surface area contributed by atoms with Crippen molar-refractivity contribution in [2.45, 2.75) is 33.7 Å². The van der Waals surface area contributed by atoms with Gasteiger partial charge in [0.05, 0.1) is 0 Å². The third kappa shape index (κ3) is 1.38. The van der Waals surface area contributed by atoms with Gasteiger partial charge < -0.3 is 9.88 Å². The molecular weight excluding hydrogens is 198 g/mol. The van der Waals surface area contributed by atoms with Crippen molar-refractivity contribution in [3.05, 3.63) is 25.0 Å². The molecule has 1 aliphatic carbocycles. The Balaban J connectivity index is 2.23. The molecule has 0 aliphatic heterocycles. The number of anilines is 1. The molecule has 1 saturated carbocycles. The first kappa shape index (κ1) is 11.2. The smallest absolute Gasteiger partial charge is 0.203 e. The Morgan fingerprint density at radius 2 is 2.06 bits per heavy atom. The van der Waals surface area contributed by atoms with Gasteiger partial charge in [0.2, 0.25) is 5.95 Å². The van der Waals surface area contributed by atoms with Crippen LogP contribution in [0.4, 0.5) is 5.95 Å². The summed E-state index contributed by atoms with van der Waals surface area (Å²) in [6.45, 7) is 13.7. The molecule has 3 heteroatoms. The minimum absolute atomic E-state index is 0.332. The van der Waals surface area contributed by atoms with Crippen molar-refractivity contribution in [3.8, 4) is 0 Å². The lowest BCUT2D eigenvalue weighted by Crippen LogP contribution is -2.08. The van der Waals surface area contributed by atoms with Gasteiger partial charge in [-0.25, -0.2) is 4.98 Å². The van der Waals surface area contributed by atoms with Crippen molar-refractivity contribution in [1.82, 2.24) is 9.55 Å². The number of nitrogens with one attached hydrogen (secondary N) is 1. The molecule has 0 aromatic carbocycles. The molecule has 0 spiro atoms. The lowest BCUT2D eigenvalue weighted by Gasteiger charge is -2.10. The number of rotatable bonds is 4. The highest BCUT2D eigenvalue weighted by Gasteiger charge is 2.66. The summed E-state index contributed by atoms with van der Waals surface area (Å²) >= 11 is 0. The fraction of sp³-hybridized carbons (Fsp3) is 0.615. The first-order valence-corrected chi connectivity index (χ1v) is 5.80. The summed E-state index contributed by atoms with van der Waals surface area (Å²) in [5.41, 5.74) is 0.663. The Hall–Kier alpha value is -1.25. The Morgan fingerprint density at radius 3 is 2.56 bits per heavy atom. The van der Waals surface area contributed by atoms with Gasteiger partial charge in [0.1, 0.15) is 0 Å². The maximum atomic E-state index is 4.35. The summed E-state index contributed by atoms with van der Waals surface area (Å²) in [5.74, 6) is 0.948. The molecule has 0 saturated heterocycles. The number of nitrogens with zero attached hydrogens (tertiary/aromatic N) is 2. The SMILES string of the molecule is C=CCNc1nccn1C1C(C)(C)C1(C)C. The van der Waals surface area contributed by atoms with Gasteiger partial charge in [-0.15, -0.1) is 6.58 Å². The van der Waals surface area contributed by atoms with Gasteiger partial charge in [-0.1, -0.05) is 33.8 Å². The zero-order valence-corrected chi connectivity index (χ0v) is 10.6. The van der Waals surface area contributed by atoms with Crippen molar-refractivity contribution in [2.24, 2.45) is 10.8 Å². The Bertz CT molecular complexity index is 387. The van der Waals surface area contributed by atoms with Crippen LogP contribution in [0.3, 0.4) is 0 Å². The highest BCUT2D eigenvalue weighted by atomic mass is 15.2. The third-order valence-corrected chi connectivity index (χ3v) is 4.30. The quantitative estimate of drug-likeness (QED) is 0.789. The monoisotopic (exact) mass is 219 g/mol. The van der Waals surface area contributed by atoms with Crippen LogP contribution in [-0.4, -0.2) is 16.1 Å². The van der Waals surface area contributed by atoms with E-state index in [1.165, 1.54) is 0 Å². The average Bonchev–Trinajstić information content (AvgIpc) is 2.55. The van der Waals surface area contributed by atoms with E-state index in [0.29, 0.717) is 16.9 Å². The molecule has 0 bridgehead atoms. The van der Waals surface area contributed by atoms with Crippen LogP contribution in [0.25, 0.3) is 0 Å². The molecule has 1 aromatic rings. The van der Waals surface area contributed by atoms with E-state index in [4.69, 9.17) is 0 Å². The van der Waals surface area contributed by atoms with E-state index in [1.54, 1.807) is 0 Å². The van der Waals surface area contributed by atoms with Crippen molar-refractivity contribution in [2.75, 3.05) is 11.9 Å². The summed E-state index contributed by atoms with van der Waals surface area (Å²) in [4.78, 5) is 4.35. The Labute approximate surface area is 97.6 Å². The Morgan fingerprint density at radius 1 is 1.44 bits per heavy atom. The summed E-state index contributed by atoms with van der Waals surface area (Å²) < 4.78 is 2.25. The van der Waals surface area contributed by atoms with Crippen LogP contribution < -0.4 is 5.32 Å². The van der Waals surface area contributed by atoms with Crippen LogP contribution in [0.15, 0.2) is 25.0 Å². The molecule has 2 rings (SSSR count). The molecule has 1 fully saturated rings. The Kier molecular flexibility index (Phi) is 2.37. The molecule has 1 aromatic heterocycles. The molecule has 1 N–H and O–H groups in total. The lowest BCUT2D eigenvalue weighted by atomic mass is 10.0. The summed E-state index contributed by atoms with van der Waals surface area (Å²) in [6, 6.07) is 0.523. The maximum Gasteiger partial charge on any atom is 0.203 e. The predicted molar refractivity (Wildman–Crippen MR) is 67.5 cm³/mol. The second-order valence-corrected chi connectivity index (χ2v) is 5.67. The zero-order chi connectivity index (χ0) is 12.0. The van der Waals surface area contributed by atoms with Gasteiger partial charge in [-0.3, -0.25) is 0 Å². The van der Waals surface area contributed by atoms with E-state index in [2.05, 4.69) is 55.3 Å². The van der Waals surface area contributed by atoms with Gasteiger partial charge in [0.25, 0.3) is 0 Å². The average molecular weight is 219 g/mol. The number of hydrogen-bond acceptors (Lipinski definition) is 2. The van der Waals surface area contributed by atoms with E-state index in [9.17, 15) is 0 Å². The molecule has 88 valence electrons. The van der Waals surface area contributed by atoms with Crippen molar-refractivity contribution < 1.29 is 0 Å². The first-order valence-electron chi connectivity index (χ1n) is 5.80. The molecular formula is C13H21N3. The van der Waals surface area contributed by atoms with Crippen molar-refractivity contribution in [3.63, 3.8) is 0 Å². The minimum atomic E-state index is 0.332. The first-order chi connectivity index (χ1) is 7.43. The maximum absolute atomic E-state index is 4.35. The van der Waals surface area contributed by atoms with Crippen molar-refractivity contribution >= 4 is 5.95 Å². The van der Waals surface area contributed by atoms with Crippen LogP contribution in [0.5, 0.6) is 0 Å².